The van der Waals surface area contributed by atoms with Crippen LogP contribution in [0, 0.1) is 0 Å². The van der Waals surface area contributed by atoms with Crippen molar-refractivity contribution in [2.45, 2.75) is 7.43 Å². The standard InChI is InChI=1S/CH4N2O2.CO2.CH4.2H3N/c2-1(4)5-3;2-1-3;;;/h3H2,(H2,2,4);;1H4;2*1H3. The molecular weight excluding hydrogens is 156 g/mol. The van der Waals surface area contributed by atoms with Gasteiger partial charge in [0, 0.05) is 0 Å². The maximum absolute atomic E-state index is 9.24. The molecule has 0 atom stereocenters. The molecule has 70 valence electrons. The molecule has 0 fully saturated rings. The molecule has 0 aromatic rings. The summed E-state index contributed by atoms with van der Waals surface area (Å²) in [5, 5.41) is 0. The molecule has 0 aliphatic rings. The van der Waals surface area contributed by atoms with E-state index < -0.39 is 6.09 Å². The third kappa shape index (κ3) is 1290. The number of carbonyl (C=O) groups is 1. The monoisotopic (exact) mass is 170 g/mol. The first kappa shape index (κ1) is 33.8. The highest BCUT2D eigenvalue weighted by Gasteiger charge is 1.77. The van der Waals surface area contributed by atoms with Gasteiger partial charge in [0.25, 0.3) is 0 Å². The maximum Gasteiger partial charge on any atom is 0.423 e. The van der Waals surface area contributed by atoms with Crippen LogP contribution in [0.5, 0.6) is 0 Å². The molecule has 0 bridgehead atoms. The number of carbonyl (C=O) groups excluding carboxylic acids is 3. The van der Waals surface area contributed by atoms with E-state index in [-0.39, 0.29) is 25.9 Å². The molecule has 1 amide bonds. The van der Waals surface area contributed by atoms with Crippen LogP contribution in [0.3, 0.4) is 0 Å². The van der Waals surface area contributed by atoms with Crippen LogP contribution < -0.4 is 23.9 Å². The van der Waals surface area contributed by atoms with Gasteiger partial charge in [-0.15, -0.1) is 0 Å². The topological polar surface area (TPSA) is 182 Å². The van der Waals surface area contributed by atoms with Crippen LogP contribution in [-0.4, -0.2) is 12.2 Å². The van der Waals surface area contributed by atoms with Crippen LogP contribution in [0.2, 0.25) is 0 Å². The van der Waals surface area contributed by atoms with Crippen molar-refractivity contribution in [3.05, 3.63) is 0 Å². The molecule has 0 heterocycles. The van der Waals surface area contributed by atoms with Crippen LogP contribution in [0.25, 0.3) is 0 Å². The molecule has 0 aromatic heterocycles. The molecule has 8 heteroatoms. The molecule has 0 aliphatic carbocycles. The lowest BCUT2D eigenvalue weighted by Gasteiger charge is -1.79. The first-order valence-corrected chi connectivity index (χ1v) is 1.34. The fourth-order valence-electron chi connectivity index (χ4n) is 0. The van der Waals surface area contributed by atoms with E-state index in [1.54, 1.807) is 0 Å². The van der Waals surface area contributed by atoms with Gasteiger partial charge in [-0.25, -0.2) is 4.79 Å². The molecule has 0 aromatic carbocycles. The fourth-order valence-corrected chi connectivity index (χ4v) is 0. The van der Waals surface area contributed by atoms with Gasteiger partial charge < -0.3 is 22.9 Å². The second-order valence-corrected chi connectivity index (χ2v) is 0.520. The van der Waals surface area contributed by atoms with E-state index in [4.69, 9.17) is 9.59 Å². The minimum atomic E-state index is -0.968. The van der Waals surface area contributed by atoms with Gasteiger partial charge in [0.05, 0.1) is 0 Å². The van der Waals surface area contributed by atoms with E-state index in [0.29, 0.717) is 0 Å². The normalized spacial score (nSPS) is 3.73. The Morgan fingerprint density at radius 3 is 1.36 bits per heavy atom. The van der Waals surface area contributed by atoms with Gasteiger partial charge >= 0.3 is 12.2 Å². The average molecular weight is 170 g/mol. The molecule has 0 radical (unpaired) electrons. The van der Waals surface area contributed by atoms with Gasteiger partial charge in [0.15, 0.2) is 0 Å². The number of rotatable bonds is 0. The van der Waals surface area contributed by atoms with Crippen molar-refractivity contribution in [2.24, 2.45) is 11.6 Å². The first-order valence-electron chi connectivity index (χ1n) is 1.34. The Balaban J connectivity index is -0.0000000183. The van der Waals surface area contributed by atoms with E-state index in [1.165, 1.54) is 0 Å². The molecule has 0 unspecified atom stereocenters. The van der Waals surface area contributed by atoms with Crippen LogP contribution in [0.15, 0.2) is 0 Å². The van der Waals surface area contributed by atoms with E-state index in [2.05, 4.69) is 16.5 Å². The highest BCUT2D eigenvalue weighted by atomic mass is 16.7. The number of amides is 1. The van der Waals surface area contributed by atoms with Crippen molar-refractivity contribution < 1.29 is 19.2 Å². The Morgan fingerprint density at radius 1 is 1.27 bits per heavy atom. The SMILES string of the molecule is C.N.N.NOC(N)=O.O=C=O. The number of hydrogen-bond donors (Lipinski definition) is 4. The second-order valence-electron chi connectivity index (χ2n) is 0.520. The average Bonchev–Trinajstić information content (AvgIpc) is 1.69. The van der Waals surface area contributed by atoms with Crippen LogP contribution in [0.1, 0.15) is 7.43 Å². The smallest absolute Gasteiger partial charge is 0.357 e. The van der Waals surface area contributed by atoms with E-state index >= 15 is 0 Å². The number of primary amides is 1. The van der Waals surface area contributed by atoms with Crippen LogP contribution in [-0.2, 0) is 14.4 Å². The van der Waals surface area contributed by atoms with Crippen molar-refractivity contribution >= 4 is 12.2 Å². The predicted molar refractivity (Wildman–Crippen MR) is 36.6 cm³/mol. The quantitative estimate of drug-likeness (QED) is 0.347. The van der Waals surface area contributed by atoms with Crippen molar-refractivity contribution in [3.63, 3.8) is 0 Å². The molecule has 8 nitrogen and oxygen atoms in total. The molecule has 0 aliphatic heterocycles. The largest absolute Gasteiger partial charge is 0.423 e. The Morgan fingerprint density at radius 2 is 1.36 bits per heavy atom. The number of nitrogens with two attached hydrogens (primary N) is 2. The van der Waals surface area contributed by atoms with Gasteiger partial charge in [-0.1, -0.05) is 7.43 Å². The zero-order valence-corrected chi connectivity index (χ0v) is 5.20. The van der Waals surface area contributed by atoms with Crippen molar-refractivity contribution in [1.29, 1.82) is 0 Å². The first-order chi connectivity index (χ1) is 3.68. The zero-order valence-electron chi connectivity index (χ0n) is 5.20. The van der Waals surface area contributed by atoms with Crippen molar-refractivity contribution in [1.82, 2.24) is 12.3 Å². The van der Waals surface area contributed by atoms with E-state index in [9.17, 15) is 4.79 Å². The summed E-state index contributed by atoms with van der Waals surface area (Å²) < 4.78 is 0. The third-order valence-electron chi connectivity index (χ3n) is 0.116. The minimum Gasteiger partial charge on any atom is -0.357 e. The van der Waals surface area contributed by atoms with Crippen LogP contribution >= 0.6 is 0 Å². The zero-order chi connectivity index (χ0) is 6.99. The second kappa shape index (κ2) is 38.8. The predicted octanol–water partition coefficient (Wildman–Crippen LogP) is -0.668. The Hall–Kier alpha value is -1.47. The highest BCUT2D eigenvalue weighted by molar-refractivity contribution is 5.63. The highest BCUT2D eigenvalue weighted by Crippen LogP contribution is 1.49. The van der Waals surface area contributed by atoms with Gasteiger partial charge in [-0.05, 0) is 0 Å². The fraction of sp³-hybridized carbons (Fsp3) is 0.333. The lowest BCUT2D eigenvalue weighted by Crippen LogP contribution is -2.16. The van der Waals surface area contributed by atoms with Gasteiger partial charge in [0.2, 0.25) is 0 Å². The van der Waals surface area contributed by atoms with Gasteiger partial charge in [0.1, 0.15) is 0 Å². The summed E-state index contributed by atoms with van der Waals surface area (Å²) in [4.78, 5) is 28.9. The molecule has 10 N–H and O–H groups in total. The summed E-state index contributed by atoms with van der Waals surface area (Å²) in [6, 6.07) is 0. The van der Waals surface area contributed by atoms with E-state index in [0.717, 1.165) is 0 Å². The Labute approximate surface area is 64.0 Å². The van der Waals surface area contributed by atoms with Crippen LogP contribution in [0.4, 0.5) is 4.79 Å². The molecule has 0 saturated carbocycles. The Kier molecular flexibility index (Phi) is 119. The Bertz CT molecular complexity index is 99.5. The number of hydrogen-bond acceptors (Lipinski definition) is 7. The maximum atomic E-state index is 9.24. The molecule has 11 heavy (non-hydrogen) atoms. The summed E-state index contributed by atoms with van der Waals surface area (Å²) in [7, 11) is 0. The summed E-state index contributed by atoms with van der Waals surface area (Å²) in [6.45, 7) is 0. The molecule has 0 rings (SSSR count). The van der Waals surface area contributed by atoms with Gasteiger partial charge in [-0.3, -0.25) is 0 Å². The minimum absolute atomic E-state index is 0. The summed E-state index contributed by atoms with van der Waals surface area (Å²) in [5.41, 5.74) is 4.31. The van der Waals surface area contributed by atoms with Crippen molar-refractivity contribution in [3.8, 4) is 0 Å². The summed E-state index contributed by atoms with van der Waals surface area (Å²) in [6.07, 6.45) is -0.718. The molecular formula is C3H14N4O4. The summed E-state index contributed by atoms with van der Waals surface area (Å²) >= 11 is 0. The van der Waals surface area contributed by atoms with Crippen molar-refractivity contribution in [2.75, 3.05) is 0 Å². The third-order valence-corrected chi connectivity index (χ3v) is 0.116. The molecule has 0 saturated heterocycles. The van der Waals surface area contributed by atoms with E-state index in [1.807, 2.05) is 0 Å². The van der Waals surface area contributed by atoms with Gasteiger partial charge in [-0.2, -0.15) is 15.5 Å². The lowest BCUT2D eigenvalue weighted by molar-refractivity contribution is -0.191. The lowest BCUT2D eigenvalue weighted by atomic mass is 11.3. The molecule has 0 spiro atoms. The summed E-state index contributed by atoms with van der Waals surface area (Å²) in [5.74, 6) is 4.20.